The molecule has 3 aliphatic rings. The summed E-state index contributed by atoms with van der Waals surface area (Å²) in [7, 11) is 4.97. The lowest BCUT2D eigenvalue weighted by molar-refractivity contribution is -0.0231. The van der Waals surface area contributed by atoms with Gasteiger partial charge in [-0.25, -0.2) is 0 Å². The predicted octanol–water partition coefficient (Wildman–Crippen LogP) is 2.11. The van der Waals surface area contributed by atoms with Gasteiger partial charge in [0.1, 0.15) is 6.10 Å². The van der Waals surface area contributed by atoms with Gasteiger partial charge in [-0.15, -0.1) is 12.4 Å². The fourth-order valence-electron chi connectivity index (χ4n) is 4.48. The Bertz CT molecular complexity index is 663. The van der Waals surface area contributed by atoms with E-state index >= 15 is 0 Å². The summed E-state index contributed by atoms with van der Waals surface area (Å²) in [5.74, 6) is 1.48. The minimum Gasteiger partial charge on any atom is -0.493 e. The number of fused-ring (bicyclic) bond motifs is 2. The number of hydrogen-bond donors (Lipinski definition) is 1. The van der Waals surface area contributed by atoms with Gasteiger partial charge in [-0.05, 0) is 29.7 Å². The highest BCUT2D eigenvalue weighted by molar-refractivity contribution is 5.85. The summed E-state index contributed by atoms with van der Waals surface area (Å²) < 4.78 is 16.4. The van der Waals surface area contributed by atoms with Gasteiger partial charge in [0.2, 0.25) is 0 Å². The van der Waals surface area contributed by atoms with Crippen molar-refractivity contribution in [2.45, 2.75) is 37.1 Å². The summed E-state index contributed by atoms with van der Waals surface area (Å²) in [6.07, 6.45) is 2.38. The molecular weight excluding hydrogens is 330 g/mol. The number of benzene rings is 1. The lowest BCUT2D eigenvalue weighted by Gasteiger charge is -2.45. The highest BCUT2D eigenvalue weighted by Gasteiger charge is 2.49. The maximum atomic E-state index is 10.9. The summed E-state index contributed by atoms with van der Waals surface area (Å²) in [5, 5.41) is 10.9. The normalized spacial score (nSPS) is 30.8. The Hall–Kier alpha value is -1.27. The zero-order valence-electron chi connectivity index (χ0n) is 14.2. The summed E-state index contributed by atoms with van der Waals surface area (Å²) in [5.41, 5.74) is 3.76. The number of hydrogen-bond acceptors (Lipinski definition) is 5. The predicted molar refractivity (Wildman–Crippen MR) is 93.2 cm³/mol. The highest BCUT2D eigenvalue weighted by Crippen LogP contribution is 2.49. The van der Waals surface area contributed by atoms with Crippen LogP contribution >= 0.6 is 12.4 Å². The van der Waals surface area contributed by atoms with Gasteiger partial charge in [-0.3, -0.25) is 4.90 Å². The van der Waals surface area contributed by atoms with Crippen LogP contribution in [0.5, 0.6) is 11.5 Å². The van der Waals surface area contributed by atoms with Crippen LogP contribution in [-0.4, -0.2) is 56.1 Å². The zero-order valence-corrected chi connectivity index (χ0v) is 15.0. The molecule has 1 aliphatic carbocycles. The van der Waals surface area contributed by atoms with Crippen LogP contribution < -0.4 is 9.47 Å². The molecule has 0 unspecified atom stereocenters. The molecule has 4 atom stereocenters. The van der Waals surface area contributed by atoms with Gasteiger partial charge in [0.15, 0.2) is 11.5 Å². The van der Waals surface area contributed by atoms with E-state index < -0.39 is 6.10 Å². The lowest BCUT2D eigenvalue weighted by Crippen LogP contribution is -2.50. The van der Waals surface area contributed by atoms with E-state index in [1.54, 1.807) is 21.3 Å². The van der Waals surface area contributed by atoms with Crippen LogP contribution in [0.2, 0.25) is 0 Å². The average Bonchev–Trinajstić information content (AvgIpc) is 2.98. The van der Waals surface area contributed by atoms with Gasteiger partial charge in [-0.1, -0.05) is 11.6 Å². The van der Waals surface area contributed by atoms with E-state index in [4.69, 9.17) is 14.2 Å². The Labute approximate surface area is 148 Å². The summed E-state index contributed by atoms with van der Waals surface area (Å²) >= 11 is 0. The van der Waals surface area contributed by atoms with Crippen molar-refractivity contribution in [2.24, 2.45) is 0 Å². The fourth-order valence-corrected chi connectivity index (χ4v) is 4.48. The molecule has 2 aliphatic heterocycles. The van der Waals surface area contributed by atoms with E-state index in [1.807, 2.05) is 6.07 Å². The van der Waals surface area contributed by atoms with E-state index in [-0.39, 0.29) is 30.5 Å². The SMILES string of the molecule is COc1cc2c(cc1OC)[C@@H]1[C@H](O)[C@@H](OC)C=C3CCN(C2)[C@H]31.Cl. The molecule has 0 aromatic heterocycles. The van der Waals surface area contributed by atoms with Crippen molar-refractivity contribution in [3.8, 4) is 11.5 Å². The zero-order chi connectivity index (χ0) is 16.1. The van der Waals surface area contributed by atoms with E-state index in [1.165, 1.54) is 11.1 Å². The van der Waals surface area contributed by atoms with Crippen LogP contribution in [-0.2, 0) is 11.3 Å². The van der Waals surface area contributed by atoms with Crippen LogP contribution in [0.1, 0.15) is 23.5 Å². The van der Waals surface area contributed by atoms with Crippen LogP contribution in [0.3, 0.4) is 0 Å². The van der Waals surface area contributed by atoms with E-state index in [0.29, 0.717) is 0 Å². The topological polar surface area (TPSA) is 51.2 Å². The largest absolute Gasteiger partial charge is 0.493 e. The number of rotatable bonds is 3. The molecule has 1 aromatic rings. The first-order valence-electron chi connectivity index (χ1n) is 8.08. The van der Waals surface area contributed by atoms with Crippen LogP contribution in [0.15, 0.2) is 23.8 Å². The van der Waals surface area contributed by atoms with Crippen molar-refractivity contribution < 1.29 is 19.3 Å². The van der Waals surface area contributed by atoms with Crippen molar-refractivity contribution in [3.63, 3.8) is 0 Å². The number of methoxy groups -OCH3 is 3. The fraction of sp³-hybridized carbons (Fsp3) is 0.556. The first-order valence-corrected chi connectivity index (χ1v) is 8.08. The molecule has 4 rings (SSSR count). The van der Waals surface area contributed by atoms with Crippen LogP contribution in [0.4, 0.5) is 0 Å². The van der Waals surface area contributed by atoms with Crippen molar-refractivity contribution in [1.82, 2.24) is 4.90 Å². The maximum absolute atomic E-state index is 10.9. The van der Waals surface area contributed by atoms with E-state index in [0.717, 1.165) is 36.6 Å². The van der Waals surface area contributed by atoms with Crippen molar-refractivity contribution in [2.75, 3.05) is 27.9 Å². The van der Waals surface area contributed by atoms with Gasteiger partial charge < -0.3 is 19.3 Å². The molecule has 1 saturated heterocycles. The molecule has 1 N–H and O–H groups in total. The van der Waals surface area contributed by atoms with Gasteiger partial charge in [-0.2, -0.15) is 0 Å². The van der Waals surface area contributed by atoms with E-state index in [9.17, 15) is 5.11 Å². The highest BCUT2D eigenvalue weighted by atomic mass is 35.5. The minimum atomic E-state index is -0.550. The number of aliphatic hydroxyl groups excluding tert-OH is 1. The summed E-state index contributed by atoms with van der Waals surface area (Å²) in [4.78, 5) is 2.46. The number of aliphatic hydroxyl groups is 1. The number of halogens is 1. The van der Waals surface area contributed by atoms with Gasteiger partial charge in [0.05, 0.1) is 20.3 Å². The van der Waals surface area contributed by atoms with Crippen molar-refractivity contribution in [3.05, 3.63) is 34.9 Å². The molecule has 24 heavy (non-hydrogen) atoms. The molecule has 0 saturated carbocycles. The second kappa shape index (κ2) is 6.56. The third kappa shape index (κ3) is 2.42. The summed E-state index contributed by atoms with van der Waals surface area (Å²) in [6, 6.07) is 4.37. The first kappa shape index (κ1) is 17.5. The van der Waals surface area contributed by atoms with Crippen molar-refractivity contribution >= 4 is 12.4 Å². The molecule has 0 amide bonds. The van der Waals surface area contributed by atoms with Crippen molar-refractivity contribution in [1.29, 1.82) is 0 Å². The molecule has 5 nitrogen and oxygen atoms in total. The van der Waals surface area contributed by atoms with Gasteiger partial charge in [0, 0.05) is 32.2 Å². The Morgan fingerprint density at radius 1 is 1.12 bits per heavy atom. The maximum Gasteiger partial charge on any atom is 0.161 e. The lowest BCUT2D eigenvalue weighted by atomic mass is 9.73. The molecule has 1 fully saturated rings. The second-order valence-electron chi connectivity index (χ2n) is 6.53. The Kier molecular flexibility index (Phi) is 4.80. The standard InChI is InChI=1S/C18H23NO4.ClH/c1-21-13-7-11-9-19-5-4-10-6-15(23-3)18(20)16(17(10)19)12(11)8-14(13)22-2;/h6-8,15-18,20H,4-5,9H2,1-3H3;1H/t15-,16-,17+,18+;/m0./s1. The average molecular weight is 354 g/mol. The minimum absolute atomic E-state index is 0. The first-order chi connectivity index (χ1) is 11.2. The monoisotopic (exact) mass is 353 g/mol. The Morgan fingerprint density at radius 3 is 2.50 bits per heavy atom. The Balaban J connectivity index is 0.00000169. The quantitative estimate of drug-likeness (QED) is 0.843. The third-order valence-electron chi connectivity index (χ3n) is 5.53. The Morgan fingerprint density at radius 2 is 1.83 bits per heavy atom. The molecule has 0 radical (unpaired) electrons. The molecule has 6 heteroatoms. The number of ether oxygens (including phenoxy) is 3. The summed E-state index contributed by atoms with van der Waals surface area (Å²) in [6.45, 7) is 1.92. The molecule has 132 valence electrons. The smallest absolute Gasteiger partial charge is 0.161 e. The second-order valence-corrected chi connectivity index (χ2v) is 6.53. The molecule has 2 heterocycles. The van der Waals surface area contributed by atoms with Gasteiger partial charge in [0.25, 0.3) is 0 Å². The van der Waals surface area contributed by atoms with E-state index in [2.05, 4.69) is 17.0 Å². The molecule has 1 aromatic carbocycles. The molecular formula is C18H24ClNO4. The molecule has 0 spiro atoms. The molecule has 0 bridgehead atoms. The number of nitrogens with zero attached hydrogens (tertiary/aromatic N) is 1. The van der Waals surface area contributed by atoms with Crippen LogP contribution in [0, 0.1) is 0 Å². The van der Waals surface area contributed by atoms with Gasteiger partial charge >= 0.3 is 0 Å². The third-order valence-corrected chi connectivity index (χ3v) is 5.53. The van der Waals surface area contributed by atoms with Crippen LogP contribution in [0.25, 0.3) is 0 Å².